The number of nitrogens with one attached hydrogen (secondary N) is 1. The Kier molecular flexibility index (Phi) is 9.48. The first-order valence-electron chi connectivity index (χ1n) is 12.3. The van der Waals surface area contributed by atoms with Gasteiger partial charge in [-0.1, -0.05) is 11.6 Å². The molecule has 3 rings (SSSR count). The molecule has 1 amide bonds. The summed E-state index contributed by atoms with van der Waals surface area (Å²) in [6, 6.07) is 8.79. The van der Waals surface area contributed by atoms with Gasteiger partial charge in [0, 0.05) is 40.9 Å². The van der Waals surface area contributed by atoms with Crippen molar-refractivity contribution in [3.05, 3.63) is 81.2 Å². The first kappa shape index (κ1) is 30.9. The number of methoxy groups -OCH3 is 1. The lowest BCUT2D eigenvalue weighted by molar-refractivity contribution is -0.137. The molecule has 0 bridgehead atoms. The molecular formula is C29H30ClF3N2O5. The van der Waals surface area contributed by atoms with Crippen LogP contribution in [0.25, 0.3) is 11.1 Å². The van der Waals surface area contributed by atoms with Gasteiger partial charge >= 0.3 is 6.18 Å². The summed E-state index contributed by atoms with van der Waals surface area (Å²) in [6.07, 6.45) is -3.09. The Morgan fingerprint density at radius 2 is 1.68 bits per heavy atom. The number of nitrogens with zero attached hydrogens (tertiary/aromatic N) is 1. The highest BCUT2D eigenvalue weighted by Gasteiger charge is 2.30. The molecule has 1 unspecified atom stereocenters. The predicted molar refractivity (Wildman–Crippen MR) is 147 cm³/mol. The summed E-state index contributed by atoms with van der Waals surface area (Å²) in [4.78, 5) is 39.1. The van der Waals surface area contributed by atoms with Crippen molar-refractivity contribution in [3.8, 4) is 16.9 Å². The summed E-state index contributed by atoms with van der Waals surface area (Å²) in [5, 5.41) is 2.93. The van der Waals surface area contributed by atoms with Gasteiger partial charge in [-0.3, -0.25) is 19.0 Å². The van der Waals surface area contributed by atoms with E-state index in [0.29, 0.717) is 21.7 Å². The topological polar surface area (TPSA) is 86.6 Å². The molecule has 2 aromatic carbocycles. The molecule has 0 radical (unpaired) electrons. The minimum atomic E-state index is -4.52. The molecule has 1 aromatic heterocycles. The van der Waals surface area contributed by atoms with Gasteiger partial charge in [0.25, 0.3) is 5.56 Å². The monoisotopic (exact) mass is 578 g/mol. The van der Waals surface area contributed by atoms with Crippen molar-refractivity contribution in [1.82, 2.24) is 4.57 Å². The van der Waals surface area contributed by atoms with Crippen LogP contribution < -0.4 is 15.6 Å². The Hall–Kier alpha value is -3.63. The average Bonchev–Trinajstić information content (AvgIpc) is 2.85. The summed E-state index contributed by atoms with van der Waals surface area (Å²) < 4.78 is 51.3. The number of amides is 1. The molecule has 0 saturated carbocycles. The second-order valence-electron chi connectivity index (χ2n) is 10.1. The van der Waals surface area contributed by atoms with Crippen LogP contribution in [0, 0.1) is 0 Å². The zero-order valence-electron chi connectivity index (χ0n) is 22.7. The Labute approximate surface area is 234 Å². The molecule has 11 heteroatoms. The van der Waals surface area contributed by atoms with Gasteiger partial charge in [-0.05, 0) is 75.7 Å². The van der Waals surface area contributed by atoms with Gasteiger partial charge in [0.05, 0.1) is 24.5 Å². The second kappa shape index (κ2) is 12.3. The Bertz CT molecular complexity index is 1440. The Morgan fingerprint density at radius 3 is 2.23 bits per heavy atom. The molecule has 0 fully saturated rings. The van der Waals surface area contributed by atoms with Crippen LogP contribution in [0.2, 0.25) is 5.02 Å². The van der Waals surface area contributed by atoms with E-state index in [0.717, 1.165) is 24.3 Å². The number of pyridine rings is 1. The molecule has 0 aliphatic carbocycles. The fourth-order valence-electron chi connectivity index (χ4n) is 4.03. The third-order valence-electron chi connectivity index (χ3n) is 5.96. The zero-order valence-corrected chi connectivity index (χ0v) is 23.4. The number of Topliss-reactive ketones (excluding diaryl/α,β-unsaturated/α-hetero) is 1. The molecule has 0 saturated heterocycles. The molecule has 1 N–H and O–H groups in total. The summed E-state index contributed by atoms with van der Waals surface area (Å²) in [5.74, 6) is -0.680. The van der Waals surface area contributed by atoms with Crippen molar-refractivity contribution >= 4 is 29.0 Å². The van der Waals surface area contributed by atoms with E-state index < -0.39 is 34.8 Å². The molecule has 0 aliphatic heterocycles. The lowest BCUT2D eigenvalue weighted by Crippen LogP contribution is -2.34. The molecule has 214 valence electrons. The van der Waals surface area contributed by atoms with Crippen molar-refractivity contribution in [2.45, 2.75) is 51.9 Å². The normalized spacial score (nSPS) is 12.6. The van der Waals surface area contributed by atoms with Crippen LogP contribution >= 0.6 is 11.6 Å². The fraction of sp³-hybridized carbons (Fsp3) is 0.345. The predicted octanol–water partition coefficient (Wildman–Crippen LogP) is 6.78. The second-order valence-corrected chi connectivity index (χ2v) is 10.5. The Morgan fingerprint density at radius 1 is 1.02 bits per heavy atom. The summed E-state index contributed by atoms with van der Waals surface area (Å²) >= 11 is 6.17. The molecule has 1 heterocycles. The first-order valence-corrected chi connectivity index (χ1v) is 12.7. The summed E-state index contributed by atoms with van der Waals surface area (Å²) in [6.45, 7) is 7.01. The van der Waals surface area contributed by atoms with Gasteiger partial charge in [0.1, 0.15) is 11.8 Å². The molecule has 0 aliphatic rings. The highest BCUT2D eigenvalue weighted by Crippen LogP contribution is 2.34. The number of anilines is 1. The van der Waals surface area contributed by atoms with E-state index >= 15 is 0 Å². The standard InChI is InChI=1S/C29H30ClF3N2O5/c1-17(36)21-11-8-19(30)14-22(21)23-15-26(37)35(16-25(23)39-5)24(12-13-40-28(2,3)4)27(38)34-20-9-6-18(7-10-20)29(31,32)33/h6-11,14-16,24H,12-13H2,1-5H3,(H,34,38). The summed E-state index contributed by atoms with van der Waals surface area (Å²) in [5.41, 5.74) is -0.795. The number of aromatic nitrogens is 1. The number of halogens is 4. The molecule has 7 nitrogen and oxygen atoms in total. The van der Waals surface area contributed by atoms with Gasteiger partial charge in [-0.15, -0.1) is 0 Å². The van der Waals surface area contributed by atoms with Gasteiger partial charge < -0.3 is 14.8 Å². The van der Waals surface area contributed by atoms with Crippen molar-refractivity contribution in [2.24, 2.45) is 0 Å². The molecular weight excluding hydrogens is 549 g/mol. The number of ether oxygens (including phenoxy) is 2. The van der Waals surface area contributed by atoms with Gasteiger partial charge in [0.2, 0.25) is 5.91 Å². The first-order chi connectivity index (χ1) is 18.6. The van der Waals surface area contributed by atoms with Gasteiger partial charge in [0.15, 0.2) is 5.78 Å². The maximum Gasteiger partial charge on any atom is 0.416 e. The number of carbonyl (C=O) groups is 2. The van der Waals surface area contributed by atoms with Gasteiger partial charge in [-0.2, -0.15) is 13.2 Å². The number of hydrogen-bond donors (Lipinski definition) is 1. The molecule has 40 heavy (non-hydrogen) atoms. The molecule has 0 spiro atoms. The van der Waals surface area contributed by atoms with E-state index in [2.05, 4.69) is 5.32 Å². The number of rotatable bonds is 9. The van der Waals surface area contributed by atoms with Crippen LogP contribution in [0.3, 0.4) is 0 Å². The lowest BCUT2D eigenvalue weighted by Gasteiger charge is -2.24. The largest absolute Gasteiger partial charge is 0.495 e. The maximum absolute atomic E-state index is 13.4. The van der Waals surface area contributed by atoms with E-state index in [1.54, 1.807) is 18.2 Å². The third kappa shape index (κ3) is 7.73. The molecule has 3 aromatic rings. The van der Waals surface area contributed by atoms with Crippen LogP contribution in [0.4, 0.5) is 18.9 Å². The third-order valence-corrected chi connectivity index (χ3v) is 6.19. The number of carbonyl (C=O) groups excluding carboxylic acids is 2. The fourth-order valence-corrected chi connectivity index (χ4v) is 4.21. The van der Waals surface area contributed by atoms with Gasteiger partial charge in [-0.25, -0.2) is 0 Å². The van der Waals surface area contributed by atoms with E-state index in [4.69, 9.17) is 21.1 Å². The number of alkyl halides is 3. The summed E-state index contributed by atoms with van der Waals surface area (Å²) in [7, 11) is 1.38. The van der Waals surface area contributed by atoms with Crippen molar-refractivity contribution < 1.29 is 32.2 Å². The van der Waals surface area contributed by atoms with E-state index in [1.165, 1.54) is 30.9 Å². The Balaban J connectivity index is 2.04. The van der Waals surface area contributed by atoms with Crippen molar-refractivity contribution in [1.29, 1.82) is 0 Å². The van der Waals surface area contributed by atoms with E-state index in [9.17, 15) is 27.6 Å². The highest BCUT2D eigenvalue weighted by atomic mass is 35.5. The average molecular weight is 579 g/mol. The number of ketones is 1. The van der Waals surface area contributed by atoms with Crippen LogP contribution in [-0.2, 0) is 15.7 Å². The van der Waals surface area contributed by atoms with Crippen molar-refractivity contribution in [3.63, 3.8) is 0 Å². The SMILES string of the molecule is COc1cn(C(CCOC(C)(C)C)C(=O)Nc2ccc(C(F)(F)F)cc2)c(=O)cc1-c1cc(Cl)ccc1C(C)=O. The molecule has 1 atom stereocenters. The highest BCUT2D eigenvalue weighted by molar-refractivity contribution is 6.31. The maximum atomic E-state index is 13.4. The smallest absolute Gasteiger partial charge is 0.416 e. The van der Waals surface area contributed by atoms with Crippen LogP contribution in [0.15, 0.2) is 59.5 Å². The van der Waals surface area contributed by atoms with E-state index in [1.807, 2.05) is 20.8 Å². The quantitative estimate of drug-likeness (QED) is 0.283. The minimum Gasteiger partial charge on any atom is -0.495 e. The number of benzene rings is 2. The van der Waals surface area contributed by atoms with E-state index in [-0.39, 0.29) is 30.2 Å². The lowest BCUT2D eigenvalue weighted by atomic mass is 9.97. The van der Waals surface area contributed by atoms with Crippen LogP contribution in [0.5, 0.6) is 5.75 Å². The minimum absolute atomic E-state index is 0.0714. The zero-order chi connectivity index (χ0) is 29.8. The van der Waals surface area contributed by atoms with Crippen LogP contribution in [0.1, 0.15) is 56.1 Å². The van der Waals surface area contributed by atoms with Crippen molar-refractivity contribution in [2.75, 3.05) is 19.0 Å². The number of hydrogen-bond acceptors (Lipinski definition) is 5. The van der Waals surface area contributed by atoms with Crippen LogP contribution in [-0.4, -0.2) is 35.6 Å².